The maximum Gasteiger partial charge on any atom is 0.212 e. The predicted octanol–water partition coefficient (Wildman–Crippen LogP) is 4.68. The zero-order valence-corrected chi connectivity index (χ0v) is 17.5. The van der Waals surface area contributed by atoms with Crippen LogP contribution >= 0.6 is 0 Å². The quantitative estimate of drug-likeness (QED) is 0.627. The van der Waals surface area contributed by atoms with Crippen LogP contribution in [0.1, 0.15) is 30.2 Å². The molecule has 0 spiro atoms. The normalized spacial score (nSPS) is 18.6. The lowest BCUT2D eigenvalue weighted by Gasteiger charge is -2.28. The summed E-state index contributed by atoms with van der Waals surface area (Å²) in [6.07, 6.45) is 6.90. The lowest BCUT2D eigenvalue weighted by Crippen LogP contribution is -2.43. The molecule has 1 unspecified atom stereocenters. The molecule has 2 aromatic carbocycles. The van der Waals surface area contributed by atoms with Crippen LogP contribution in [0.2, 0.25) is 0 Å². The molecule has 0 amide bonds. The Bertz CT molecular complexity index is 1190. The van der Waals surface area contributed by atoms with Crippen LogP contribution in [0.3, 0.4) is 0 Å². The Balaban J connectivity index is 1.66. The molecule has 0 fully saturated rings. The second-order valence-corrected chi connectivity index (χ2v) is 9.46. The fourth-order valence-electron chi connectivity index (χ4n) is 3.87. The summed E-state index contributed by atoms with van der Waals surface area (Å²) in [5.74, 6) is -0.271. The Kier molecular flexibility index (Phi) is 5.54. The molecule has 0 saturated carbocycles. The van der Waals surface area contributed by atoms with Crippen molar-refractivity contribution in [3.05, 3.63) is 95.6 Å². The zero-order valence-electron chi connectivity index (χ0n) is 16.7. The van der Waals surface area contributed by atoms with Crippen molar-refractivity contribution in [2.24, 2.45) is 0 Å². The molecule has 1 N–H and O–H groups in total. The van der Waals surface area contributed by atoms with Crippen molar-refractivity contribution in [1.82, 2.24) is 9.71 Å². The van der Waals surface area contributed by atoms with Crippen LogP contribution < -0.4 is 4.72 Å². The van der Waals surface area contributed by atoms with Crippen molar-refractivity contribution >= 4 is 16.1 Å². The summed E-state index contributed by atoms with van der Waals surface area (Å²) in [7, 11) is -3.41. The van der Waals surface area contributed by atoms with Gasteiger partial charge < -0.3 is 0 Å². The first-order chi connectivity index (χ1) is 14.4. The molecule has 0 aliphatic heterocycles. The monoisotopic (exact) mass is 422 g/mol. The highest BCUT2D eigenvalue weighted by Gasteiger charge is 2.39. The van der Waals surface area contributed by atoms with E-state index in [9.17, 15) is 12.8 Å². The number of nitrogens with zero attached hydrogens (tertiary/aromatic N) is 1. The van der Waals surface area contributed by atoms with Gasteiger partial charge in [-0.05, 0) is 60.7 Å². The van der Waals surface area contributed by atoms with Gasteiger partial charge in [0.1, 0.15) is 5.82 Å². The standard InChI is InChI=1S/C24H23FN2O2S/c1-2-30(28,29)27-24(14-12-18-6-3-4-9-23(18)24)15-13-22-11-10-20(17-26-22)19-7-5-8-21(25)16-19/h3-11,13,15-17,27H,2,12,14H2,1H3/b15-13+. The number of sulfonamides is 1. The number of rotatable bonds is 6. The summed E-state index contributed by atoms with van der Waals surface area (Å²) < 4.78 is 41.2. The summed E-state index contributed by atoms with van der Waals surface area (Å²) in [5, 5.41) is 0. The molecule has 154 valence electrons. The van der Waals surface area contributed by atoms with E-state index in [2.05, 4.69) is 9.71 Å². The predicted molar refractivity (Wildman–Crippen MR) is 118 cm³/mol. The number of pyridine rings is 1. The summed E-state index contributed by atoms with van der Waals surface area (Å²) >= 11 is 0. The Hall–Kier alpha value is -2.83. The smallest absolute Gasteiger partial charge is 0.212 e. The number of nitrogens with one attached hydrogen (secondary N) is 1. The summed E-state index contributed by atoms with van der Waals surface area (Å²) in [6, 6.07) is 18.0. The van der Waals surface area contributed by atoms with Gasteiger partial charge in [0.25, 0.3) is 0 Å². The van der Waals surface area contributed by atoms with E-state index in [0.29, 0.717) is 12.1 Å². The first-order valence-electron chi connectivity index (χ1n) is 9.92. The van der Waals surface area contributed by atoms with Gasteiger partial charge in [-0.2, -0.15) is 0 Å². The lowest BCUT2D eigenvalue weighted by molar-refractivity contribution is 0.480. The molecule has 4 rings (SSSR count). The third-order valence-corrected chi connectivity index (χ3v) is 6.92. The van der Waals surface area contributed by atoms with Crippen LogP contribution in [0.15, 0.2) is 72.9 Å². The highest BCUT2D eigenvalue weighted by atomic mass is 32.2. The van der Waals surface area contributed by atoms with Crippen molar-refractivity contribution < 1.29 is 12.8 Å². The van der Waals surface area contributed by atoms with E-state index in [1.165, 1.54) is 12.1 Å². The largest absolute Gasteiger partial charge is 0.256 e. The molecular weight excluding hydrogens is 399 g/mol. The number of halogens is 1. The maximum atomic E-state index is 13.5. The van der Waals surface area contributed by atoms with Gasteiger partial charge in [0.05, 0.1) is 17.0 Å². The molecule has 0 bridgehead atoms. The zero-order chi connectivity index (χ0) is 21.2. The van der Waals surface area contributed by atoms with Gasteiger partial charge in [-0.3, -0.25) is 4.98 Å². The molecule has 1 aliphatic rings. The molecular formula is C24H23FN2O2S. The van der Waals surface area contributed by atoms with E-state index in [0.717, 1.165) is 28.7 Å². The number of benzene rings is 2. The van der Waals surface area contributed by atoms with E-state index in [4.69, 9.17) is 0 Å². The van der Waals surface area contributed by atoms with Gasteiger partial charge >= 0.3 is 0 Å². The first-order valence-corrected chi connectivity index (χ1v) is 11.6. The van der Waals surface area contributed by atoms with Gasteiger partial charge in [-0.25, -0.2) is 17.5 Å². The average molecular weight is 423 g/mol. The summed E-state index contributed by atoms with van der Waals surface area (Å²) in [4.78, 5) is 4.46. The van der Waals surface area contributed by atoms with E-state index in [1.807, 2.05) is 54.6 Å². The molecule has 0 saturated heterocycles. The van der Waals surface area contributed by atoms with Gasteiger partial charge in [0, 0.05) is 11.8 Å². The Morgan fingerprint density at radius 1 is 1.10 bits per heavy atom. The molecule has 6 heteroatoms. The SMILES string of the molecule is CCS(=O)(=O)NC1(/C=C/c2ccc(-c3cccc(F)c3)cn2)CCc2ccccc21. The minimum Gasteiger partial charge on any atom is -0.256 e. The second-order valence-electron chi connectivity index (χ2n) is 7.45. The number of fused-ring (bicyclic) bond motifs is 1. The molecule has 4 nitrogen and oxygen atoms in total. The molecule has 3 aromatic rings. The van der Waals surface area contributed by atoms with Crippen molar-refractivity contribution in [3.63, 3.8) is 0 Å². The maximum absolute atomic E-state index is 13.5. The minimum atomic E-state index is -3.41. The van der Waals surface area contributed by atoms with Gasteiger partial charge in [-0.1, -0.05) is 48.5 Å². The van der Waals surface area contributed by atoms with Gasteiger partial charge in [-0.15, -0.1) is 0 Å². The van der Waals surface area contributed by atoms with Crippen LogP contribution in [0.25, 0.3) is 17.2 Å². The highest BCUT2D eigenvalue weighted by molar-refractivity contribution is 7.89. The molecule has 1 aliphatic carbocycles. The molecule has 30 heavy (non-hydrogen) atoms. The van der Waals surface area contributed by atoms with E-state index >= 15 is 0 Å². The van der Waals surface area contributed by atoms with Crippen LogP contribution in [0, 0.1) is 5.82 Å². The van der Waals surface area contributed by atoms with Crippen molar-refractivity contribution in [2.45, 2.75) is 25.3 Å². The van der Waals surface area contributed by atoms with Gasteiger partial charge in [0.15, 0.2) is 0 Å². The molecule has 1 atom stereocenters. The number of aryl methyl sites for hydroxylation is 1. The van der Waals surface area contributed by atoms with E-state index in [-0.39, 0.29) is 11.6 Å². The number of aromatic nitrogens is 1. The number of hydrogen-bond donors (Lipinski definition) is 1. The Labute approximate surface area is 176 Å². The topological polar surface area (TPSA) is 59.1 Å². The van der Waals surface area contributed by atoms with Crippen LogP contribution in [0.4, 0.5) is 4.39 Å². The fraction of sp³-hybridized carbons (Fsp3) is 0.208. The molecule has 1 aromatic heterocycles. The Morgan fingerprint density at radius 2 is 1.93 bits per heavy atom. The lowest BCUT2D eigenvalue weighted by atomic mass is 9.92. The van der Waals surface area contributed by atoms with Crippen LogP contribution in [0.5, 0.6) is 0 Å². The van der Waals surface area contributed by atoms with E-state index < -0.39 is 15.6 Å². The van der Waals surface area contributed by atoms with Crippen LogP contribution in [-0.2, 0) is 22.0 Å². The number of hydrogen-bond acceptors (Lipinski definition) is 3. The molecule has 0 radical (unpaired) electrons. The van der Waals surface area contributed by atoms with E-state index in [1.54, 1.807) is 19.2 Å². The minimum absolute atomic E-state index is 0.0192. The molecule has 1 heterocycles. The second kappa shape index (κ2) is 8.13. The third-order valence-electron chi connectivity index (χ3n) is 5.49. The Morgan fingerprint density at radius 3 is 2.67 bits per heavy atom. The van der Waals surface area contributed by atoms with Crippen LogP contribution in [-0.4, -0.2) is 19.2 Å². The van der Waals surface area contributed by atoms with Gasteiger partial charge in [0.2, 0.25) is 10.0 Å². The van der Waals surface area contributed by atoms with Crippen molar-refractivity contribution in [1.29, 1.82) is 0 Å². The van der Waals surface area contributed by atoms with Crippen molar-refractivity contribution in [2.75, 3.05) is 5.75 Å². The average Bonchev–Trinajstić information content (AvgIpc) is 3.11. The highest BCUT2D eigenvalue weighted by Crippen LogP contribution is 2.39. The third kappa shape index (κ3) is 4.20. The fourth-order valence-corrected chi connectivity index (χ4v) is 4.85. The summed E-state index contributed by atoms with van der Waals surface area (Å²) in [6.45, 7) is 1.63. The summed E-state index contributed by atoms with van der Waals surface area (Å²) in [5.41, 5.74) is 3.63. The van der Waals surface area contributed by atoms with Crippen molar-refractivity contribution in [3.8, 4) is 11.1 Å². The first kappa shape index (κ1) is 20.4.